The SMILES string of the molecule is COC(CNC(=O)c1ccc2cc[nH]c2c1)C(=O)O. The lowest BCUT2D eigenvalue weighted by molar-refractivity contribution is -0.148. The first-order chi connectivity index (χ1) is 9.11. The van der Waals surface area contributed by atoms with E-state index in [1.165, 1.54) is 7.11 Å². The molecule has 1 unspecified atom stereocenters. The van der Waals surface area contributed by atoms with Crippen LogP contribution in [0.4, 0.5) is 0 Å². The van der Waals surface area contributed by atoms with Crippen LogP contribution in [0.25, 0.3) is 10.9 Å². The molecule has 0 aliphatic heterocycles. The quantitative estimate of drug-likeness (QED) is 0.749. The van der Waals surface area contributed by atoms with Crippen LogP contribution in [0.1, 0.15) is 10.4 Å². The summed E-state index contributed by atoms with van der Waals surface area (Å²) in [4.78, 5) is 25.6. The van der Waals surface area contributed by atoms with E-state index in [0.717, 1.165) is 10.9 Å². The van der Waals surface area contributed by atoms with Crippen LogP contribution in [0.15, 0.2) is 30.5 Å². The predicted molar refractivity (Wildman–Crippen MR) is 69.1 cm³/mol. The van der Waals surface area contributed by atoms with E-state index >= 15 is 0 Å². The standard InChI is InChI=1S/C13H14N2O4/c1-19-11(13(17)18)7-15-12(16)9-3-2-8-4-5-14-10(8)6-9/h2-6,11,14H,7H2,1H3,(H,15,16)(H,17,18). The number of aromatic nitrogens is 1. The maximum atomic E-state index is 11.9. The van der Waals surface area contributed by atoms with Gasteiger partial charge < -0.3 is 20.1 Å². The van der Waals surface area contributed by atoms with Gasteiger partial charge in [-0.1, -0.05) is 6.07 Å². The first kappa shape index (κ1) is 13.1. The molecule has 0 fully saturated rings. The van der Waals surface area contributed by atoms with Crippen molar-refractivity contribution in [1.29, 1.82) is 0 Å². The van der Waals surface area contributed by atoms with Gasteiger partial charge in [0, 0.05) is 24.4 Å². The lowest BCUT2D eigenvalue weighted by Gasteiger charge is -2.11. The first-order valence-electron chi connectivity index (χ1n) is 5.72. The fourth-order valence-corrected chi connectivity index (χ4v) is 1.75. The highest BCUT2D eigenvalue weighted by atomic mass is 16.5. The van der Waals surface area contributed by atoms with Gasteiger partial charge in [0.25, 0.3) is 5.91 Å². The van der Waals surface area contributed by atoms with Crippen molar-refractivity contribution in [3.8, 4) is 0 Å². The number of carboxylic acids is 1. The number of fused-ring (bicyclic) bond motifs is 1. The largest absolute Gasteiger partial charge is 0.479 e. The number of ether oxygens (including phenoxy) is 1. The second kappa shape index (κ2) is 5.53. The summed E-state index contributed by atoms with van der Waals surface area (Å²) in [6.45, 7) is -0.0760. The van der Waals surface area contributed by atoms with Gasteiger partial charge in [0.15, 0.2) is 6.10 Å². The number of hydrogen-bond donors (Lipinski definition) is 3. The fraction of sp³-hybridized carbons (Fsp3) is 0.231. The molecule has 6 heteroatoms. The molecule has 3 N–H and O–H groups in total. The average molecular weight is 262 g/mol. The summed E-state index contributed by atoms with van der Waals surface area (Å²) in [5.41, 5.74) is 1.32. The Morgan fingerprint density at radius 1 is 1.42 bits per heavy atom. The molecule has 6 nitrogen and oxygen atoms in total. The number of aromatic amines is 1. The summed E-state index contributed by atoms with van der Waals surface area (Å²) in [6.07, 6.45) is 0.746. The average Bonchev–Trinajstić information content (AvgIpc) is 2.85. The van der Waals surface area contributed by atoms with Crippen LogP contribution in [-0.2, 0) is 9.53 Å². The Labute approximate surface area is 109 Å². The molecule has 0 saturated heterocycles. The number of H-pyrrole nitrogens is 1. The molecule has 0 spiro atoms. The van der Waals surface area contributed by atoms with Gasteiger partial charge in [-0.15, -0.1) is 0 Å². The van der Waals surface area contributed by atoms with Crippen molar-refractivity contribution in [3.05, 3.63) is 36.0 Å². The molecule has 1 heterocycles. The third-order valence-corrected chi connectivity index (χ3v) is 2.83. The number of nitrogens with one attached hydrogen (secondary N) is 2. The summed E-state index contributed by atoms with van der Waals surface area (Å²) in [5.74, 6) is -1.44. The monoisotopic (exact) mass is 262 g/mol. The second-order valence-electron chi connectivity index (χ2n) is 4.05. The van der Waals surface area contributed by atoms with Crippen molar-refractivity contribution in [2.45, 2.75) is 6.10 Å². The number of carboxylic acid groups (broad SMARTS) is 1. The zero-order valence-corrected chi connectivity index (χ0v) is 10.3. The maximum Gasteiger partial charge on any atom is 0.334 e. The van der Waals surface area contributed by atoms with Crippen LogP contribution in [0, 0.1) is 0 Å². The molecular formula is C13H14N2O4. The van der Waals surface area contributed by atoms with Gasteiger partial charge in [-0.2, -0.15) is 0 Å². The van der Waals surface area contributed by atoms with Gasteiger partial charge in [0.05, 0.1) is 6.54 Å². The minimum Gasteiger partial charge on any atom is -0.479 e. The van der Waals surface area contributed by atoms with E-state index in [4.69, 9.17) is 9.84 Å². The van der Waals surface area contributed by atoms with E-state index in [9.17, 15) is 9.59 Å². The molecule has 0 bridgehead atoms. The van der Waals surface area contributed by atoms with Crippen LogP contribution in [0.5, 0.6) is 0 Å². The number of amides is 1. The smallest absolute Gasteiger partial charge is 0.334 e. The van der Waals surface area contributed by atoms with E-state index in [2.05, 4.69) is 10.3 Å². The Kier molecular flexibility index (Phi) is 3.82. The molecule has 0 saturated carbocycles. The third-order valence-electron chi connectivity index (χ3n) is 2.83. The minimum absolute atomic E-state index is 0.0760. The van der Waals surface area contributed by atoms with Gasteiger partial charge in [-0.25, -0.2) is 4.79 Å². The summed E-state index contributed by atoms with van der Waals surface area (Å²) >= 11 is 0. The summed E-state index contributed by atoms with van der Waals surface area (Å²) in [5, 5.41) is 12.3. The molecule has 2 rings (SSSR count). The van der Waals surface area contributed by atoms with Crippen molar-refractivity contribution >= 4 is 22.8 Å². The second-order valence-corrected chi connectivity index (χ2v) is 4.05. The molecule has 0 radical (unpaired) electrons. The van der Waals surface area contributed by atoms with Crippen molar-refractivity contribution < 1.29 is 19.4 Å². The van der Waals surface area contributed by atoms with Crippen LogP contribution in [0.3, 0.4) is 0 Å². The summed E-state index contributed by atoms with van der Waals surface area (Å²) < 4.78 is 4.74. The molecule has 1 amide bonds. The lowest BCUT2D eigenvalue weighted by atomic mass is 10.1. The van der Waals surface area contributed by atoms with Gasteiger partial charge in [-0.3, -0.25) is 4.79 Å². The van der Waals surface area contributed by atoms with E-state index in [1.807, 2.05) is 12.1 Å². The normalized spacial score (nSPS) is 12.3. The number of rotatable bonds is 5. The van der Waals surface area contributed by atoms with Crippen molar-refractivity contribution in [2.75, 3.05) is 13.7 Å². The molecule has 2 aromatic rings. The molecule has 1 aromatic heterocycles. The topological polar surface area (TPSA) is 91.4 Å². The molecular weight excluding hydrogens is 248 g/mol. The molecule has 1 atom stereocenters. The van der Waals surface area contributed by atoms with Crippen LogP contribution < -0.4 is 5.32 Å². The summed E-state index contributed by atoms with van der Waals surface area (Å²) in [6, 6.07) is 7.13. The van der Waals surface area contributed by atoms with Crippen LogP contribution in [0.2, 0.25) is 0 Å². The van der Waals surface area contributed by atoms with Crippen molar-refractivity contribution in [3.63, 3.8) is 0 Å². The highest BCUT2D eigenvalue weighted by Crippen LogP contribution is 2.13. The van der Waals surface area contributed by atoms with Gasteiger partial charge >= 0.3 is 5.97 Å². The third kappa shape index (κ3) is 2.92. The van der Waals surface area contributed by atoms with E-state index in [-0.39, 0.29) is 12.5 Å². The number of aliphatic carboxylic acids is 1. The van der Waals surface area contributed by atoms with E-state index in [0.29, 0.717) is 5.56 Å². The number of hydrogen-bond acceptors (Lipinski definition) is 3. The highest BCUT2D eigenvalue weighted by molar-refractivity contribution is 5.98. The van der Waals surface area contributed by atoms with Crippen molar-refractivity contribution in [2.24, 2.45) is 0 Å². The Bertz CT molecular complexity index is 605. The summed E-state index contributed by atoms with van der Waals surface area (Å²) in [7, 11) is 1.29. The highest BCUT2D eigenvalue weighted by Gasteiger charge is 2.17. The van der Waals surface area contributed by atoms with E-state index in [1.54, 1.807) is 18.3 Å². The number of benzene rings is 1. The number of carbonyl (C=O) groups excluding carboxylic acids is 1. The molecule has 1 aromatic carbocycles. The van der Waals surface area contributed by atoms with Gasteiger partial charge in [-0.05, 0) is 23.6 Å². The van der Waals surface area contributed by atoms with Gasteiger partial charge in [0.1, 0.15) is 0 Å². The zero-order valence-electron chi connectivity index (χ0n) is 10.3. The Balaban J connectivity index is 2.05. The van der Waals surface area contributed by atoms with Crippen LogP contribution in [-0.4, -0.2) is 41.7 Å². The lowest BCUT2D eigenvalue weighted by Crippen LogP contribution is -2.37. The fourth-order valence-electron chi connectivity index (χ4n) is 1.75. The Morgan fingerprint density at radius 2 is 2.21 bits per heavy atom. The molecule has 100 valence electrons. The number of methoxy groups -OCH3 is 1. The van der Waals surface area contributed by atoms with Crippen molar-refractivity contribution in [1.82, 2.24) is 10.3 Å². The molecule has 0 aliphatic carbocycles. The minimum atomic E-state index is -1.11. The van der Waals surface area contributed by atoms with E-state index < -0.39 is 12.1 Å². The first-order valence-corrected chi connectivity index (χ1v) is 5.72. The molecule has 0 aliphatic rings. The predicted octanol–water partition coefficient (Wildman–Crippen LogP) is 0.997. The Morgan fingerprint density at radius 3 is 2.89 bits per heavy atom. The van der Waals surface area contributed by atoms with Crippen LogP contribution >= 0.6 is 0 Å². The Hall–Kier alpha value is -2.34. The maximum absolute atomic E-state index is 11.9. The van der Waals surface area contributed by atoms with Gasteiger partial charge in [0.2, 0.25) is 0 Å². The zero-order chi connectivity index (χ0) is 13.8. The molecule has 19 heavy (non-hydrogen) atoms. The number of carbonyl (C=O) groups is 2.